The highest BCUT2D eigenvalue weighted by molar-refractivity contribution is 5.76. The largest absolute Gasteiger partial charge is 0.505 e. The first-order chi connectivity index (χ1) is 14.5. The number of phenols is 1. The van der Waals surface area contributed by atoms with Gasteiger partial charge in [0.05, 0.1) is 26.6 Å². The fourth-order valence-electron chi connectivity index (χ4n) is 2.89. The Hall–Kier alpha value is -3.39. The number of hydrogen-bond donors (Lipinski definition) is 4. The molecular weight excluding hydrogens is 384 g/mol. The Morgan fingerprint density at radius 2 is 2.00 bits per heavy atom. The van der Waals surface area contributed by atoms with Crippen molar-refractivity contribution in [3.63, 3.8) is 0 Å². The summed E-state index contributed by atoms with van der Waals surface area (Å²) in [6.07, 6.45) is 2.24. The lowest BCUT2D eigenvalue weighted by Gasteiger charge is -2.23. The molecule has 2 aromatic carbocycles. The number of nitrogens with one attached hydrogen (secondary N) is 3. The second kappa shape index (κ2) is 11.6. The minimum atomic E-state index is -0.323. The minimum absolute atomic E-state index is 0.0870. The Kier molecular flexibility index (Phi) is 8.83. The van der Waals surface area contributed by atoms with Crippen LogP contribution in [0.1, 0.15) is 18.1 Å². The van der Waals surface area contributed by atoms with Crippen molar-refractivity contribution in [3.8, 4) is 17.2 Å². The van der Waals surface area contributed by atoms with E-state index >= 15 is 0 Å². The van der Waals surface area contributed by atoms with E-state index in [1.54, 1.807) is 43.4 Å². The fraction of sp³-hybridized carbons (Fsp3) is 0.318. The van der Waals surface area contributed by atoms with Gasteiger partial charge < -0.3 is 19.5 Å². The molecule has 8 heteroatoms. The molecule has 0 atom stereocenters. The Morgan fingerprint density at radius 1 is 1.20 bits per heavy atom. The van der Waals surface area contributed by atoms with Crippen molar-refractivity contribution in [2.75, 3.05) is 32.9 Å². The topological polar surface area (TPSA) is 95.1 Å². The highest BCUT2D eigenvalue weighted by Crippen LogP contribution is 2.27. The van der Waals surface area contributed by atoms with Crippen molar-refractivity contribution >= 4 is 11.7 Å². The molecule has 0 saturated carbocycles. The Labute approximate surface area is 177 Å². The molecule has 0 aliphatic rings. The van der Waals surface area contributed by atoms with E-state index < -0.39 is 0 Å². The smallest absolute Gasteiger partial charge is 0.337 e. The molecule has 162 valence electrons. The molecule has 2 rings (SSSR count). The number of rotatable bonds is 11. The number of carbonyl (C=O) groups is 1. The van der Waals surface area contributed by atoms with Crippen LogP contribution in [0.15, 0.2) is 49.1 Å². The third-order valence-corrected chi connectivity index (χ3v) is 4.56. The molecule has 0 radical (unpaired) electrons. The number of aromatic hydroxyl groups is 1. The van der Waals surface area contributed by atoms with Gasteiger partial charge in [-0.1, -0.05) is 18.2 Å². The summed E-state index contributed by atoms with van der Waals surface area (Å²) in [5.74, 6) is 1.57. The zero-order valence-corrected chi connectivity index (χ0v) is 17.7. The second-order valence-electron chi connectivity index (χ2n) is 6.48. The summed E-state index contributed by atoms with van der Waals surface area (Å²) in [6.45, 7) is 6.89. The fourth-order valence-corrected chi connectivity index (χ4v) is 2.89. The normalized spacial score (nSPS) is 10.2. The second-order valence-corrected chi connectivity index (χ2v) is 6.48. The number of carbonyl (C=O) groups excluding carboxylic acids is 1. The Morgan fingerprint density at radius 3 is 2.67 bits per heavy atom. The van der Waals surface area contributed by atoms with Gasteiger partial charge in [-0.05, 0) is 43.2 Å². The maximum atomic E-state index is 12.5. The SMILES string of the molecule is C=CCc1cccc(NNC(=O)N(CC)CNCc2cc(OC)ccc2OC)c1O. The maximum Gasteiger partial charge on any atom is 0.337 e. The summed E-state index contributed by atoms with van der Waals surface area (Å²) in [7, 11) is 3.22. The van der Waals surface area contributed by atoms with E-state index in [1.165, 1.54) is 0 Å². The van der Waals surface area contributed by atoms with Gasteiger partial charge in [-0.2, -0.15) is 0 Å². The molecule has 2 aromatic rings. The van der Waals surface area contributed by atoms with Gasteiger partial charge in [0, 0.05) is 18.7 Å². The molecule has 0 aromatic heterocycles. The summed E-state index contributed by atoms with van der Waals surface area (Å²) in [5.41, 5.74) is 7.47. The highest BCUT2D eigenvalue weighted by atomic mass is 16.5. The van der Waals surface area contributed by atoms with Crippen LogP contribution in [-0.2, 0) is 13.0 Å². The number of urea groups is 1. The van der Waals surface area contributed by atoms with Crippen LogP contribution in [0.3, 0.4) is 0 Å². The maximum absolute atomic E-state index is 12.5. The number of hydrogen-bond acceptors (Lipinski definition) is 6. The molecular formula is C22H30N4O4. The lowest BCUT2D eigenvalue weighted by molar-refractivity contribution is 0.198. The van der Waals surface area contributed by atoms with Crippen LogP contribution < -0.4 is 25.6 Å². The van der Waals surface area contributed by atoms with Gasteiger partial charge in [0.1, 0.15) is 17.2 Å². The molecule has 0 fully saturated rings. The number of benzene rings is 2. The first-order valence-corrected chi connectivity index (χ1v) is 9.68. The standard InChI is InChI=1S/C22H30N4O4/c1-5-8-16-9-7-10-19(21(16)27)24-25-22(28)26(6-2)15-23-14-17-13-18(29-3)11-12-20(17)30-4/h5,7,9-13,23-24,27H,1,6,8,14-15H2,2-4H3,(H,25,28). The molecule has 30 heavy (non-hydrogen) atoms. The zero-order valence-electron chi connectivity index (χ0n) is 17.7. The van der Waals surface area contributed by atoms with E-state index in [2.05, 4.69) is 22.7 Å². The quantitative estimate of drug-likeness (QED) is 0.195. The van der Waals surface area contributed by atoms with Crippen molar-refractivity contribution in [1.82, 2.24) is 15.6 Å². The summed E-state index contributed by atoms with van der Waals surface area (Å²) >= 11 is 0. The number of para-hydroxylation sites is 1. The van der Waals surface area contributed by atoms with Gasteiger partial charge in [-0.15, -0.1) is 6.58 Å². The van der Waals surface area contributed by atoms with Crippen LogP contribution >= 0.6 is 0 Å². The van der Waals surface area contributed by atoms with E-state index in [1.807, 2.05) is 25.1 Å². The number of allylic oxidation sites excluding steroid dienone is 1. The average molecular weight is 415 g/mol. The van der Waals surface area contributed by atoms with E-state index in [4.69, 9.17) is 9.47 Å². The van der Waals surface area contributed by atoms with Crippen LogP contribution in [-0.4, -0.2) is 43.5 Å². The van der Waals surface area contributed by atoms with Gasteiger partial charge in [0.2, 0.25) is 0 Å². The first kappa shape index (κ1) is 22.9. The van der Waals surface area contributed by atoms with Crippen LogP contribution in [0.5, 0.6) is 17.2 Å². The molecule has 0 aliphatic carbocycles. The number of nitrogens with zero attached hydrogens (tertiary/aromatic N) is 1. The molecule has 8 nitrogen and oxygen atoms in total. The van der Waals surface area contributed by atoms with Gasteiger partial charge in [0.25, 0.3) is 0 Å². The van der Waals surface area contributed by atoms with Crippen molar-refractivity contribution in [1.29, 1.82) is 0 Å². The average Bonchev–Trinajstić information content (AvgIpc) is 2.77. The lowest BCUT2D eigenvalue weighted by atomic mass is 10.1. The van der Waals surface area contributed by atoms with Gasteiger partial charge in [-0.3, -0.25) is 16.2 Å². The monoisotopic (exact) mass is 414 g/mol. The Balaban J connectivity index is 1.91. The first-order valence-electron chi connectivity index (χ1n) is 9.68. The number of ether oxygens (including phenoxy) is 2. The molecule has 0 saturated heterocycles. The summed E-state index contributed by atoms with van der Waals surface area (Å²) in [5, 5.41) is 13.5. The molecule has 2 amide bonds. The third kappa shape index (κ3) is 6.05. The van der Waals surface area contributed by atoms with Crippen LogP contribution in [0.4, 0.5) is 10.5 Å². The summed E-state index contributed by atoms with van der Waals surface area (Å²) in [4.78, 5) is 14.1. The summed E-state index contributed by atoms with van der Waals surface area (Å²) < 4.78 is 10.6. The molecule has 4 N–H and O–H groups in total. The van der Waals surface area contributed by atoms with Crippen molar-refractivity contribution < 1.29 is 19.4 Å². The van der Waals surface area contributed by atoms with Crippen LogP contribution in [0.2, 0.25) is 0 Å². The van der Waals surface area contributed by atoms with E-state index in [-0.39, 0.29) is 11.8 Å². The van der Waals surface area contributed by atoms with Gasteiger partial charge >= 0.3 is 6.03 Å². The molecule has 0 unspecified atom stereocenters. The van der Waals surface area contributed by atoms with E-state index in [0.717, 1.165) is 22.6 Å². The predicted molar refractivity (Wildman–Crippen MR) is 118 cm³/mol. The van der Waals surface area contributed by atoms with Gasteiger partial charge in [0.15, 0.2) is 0 Å². The predicted octanol–water partition coefficient (Wildman–Crippen LogP) is 3.24. The number of anilines is 1. The van der Waals surface area contributed by atoms with Crippen molar-refractivity contribution in [3.05, 3.63) is 60.2 Å². The Bertz CT molecular complexity index is 857. The zero-order chi connectivity index (χ0) is 21.9. The lowest BCUT2D eigenvalue weighted by Crippen LogP contribution is -2.46. The molecule has 0 spiro atoms. The van der Waals surface area contributed by atoms with Gasteiger partial charge in [-0.25, -0.2) is 4.79 Å². The number of methoxy groups -OCH3 is 2. The van der Waals surface area contributed by atoms with E-state index in [0.29, 0.717) is 31.9 Å². The number of amides is 2. The minimum Gasteiger partial charge on any atom is -0.505 e. The number of phenolic OH excluding ortho intramolecular Hbond substituents is 1. The molecule has 0 bridgehead atoms. The van der Waals surface area contributed by atoms with E-state index in [9.17, 15) is 9.90 Å². The van der Waals surface area contributed by atoms with Crippen molar-refractivity contribution in [2.24, 2.45) is 0 Å². The third-order valence-electron chi connectivity index (χ3n) is 4.56. The molecule has 0 aliphatic heterocycles. The molecule has 0 heterocycles. The summed E-state index contributed by atoms with van der Waals surface area (Å²) in [6, 6.07) is 10.5. The van der Waals surface area contributed by atoms with Crippen LogP contribution in [0.25, 0.3) is 0 Å². The number of hydrazine groups is 1. The van der Waals surface area contributed by atoms with Crippen LogP contribution in [0, 0.1) is 0 Å². The highest BCUT2D eigenvalue weighted by Gasteiger charge is 2.13. The van der Waals surface area contributed by atoms with Crippen molar-refractivity contribution in [2.45, 2.75) is 19.9 Å².